The number of piperidine rings is 1. The Labute approximate surface area is 130 Å². The van der Waals surface area contributed by atoms with Crippen molar-refractivity contribution >= 4 is 22.6 Å². The molecule has 21 heavy (non-hydrogen) atoms. The van der Waals surface area contributed by atoms with Crippen LogP contribution in [-0.2, 0) is 13.0 Å². The van der Waals surface area contributed by atoms with Gasteiger partial charge in [0, 0.05) is 30.1 Å². The second-order valence-electron chi connectivity index (χ2n) is 6.58. The molecule has 0 spiro atoms. The van der Waals surface area contributed by atoms with Gasteiger partial charge < -0.3 is 9.88 Å². The number of rotatable bonds is 3. The third-order valence-corrected chi connectivity index (χ3v) is 5.38. The molecule has 1 N–H and O–H groups in total. The molecule has 4 rings (SSSR count). The van der Waals surface area contributed by atoms with Crippen LogP contribution in [0.5, 0.6) is 0 Å². The Hall–Kier alpha value is -1.06. The molecule has 3 heterocycles. The van der Waals surface area contributed by atoms with Gasteiger partial charge in [-0.2, -0.15) is 0 Å². The van der Waals surface area contributed by atoms with E-state index in [2.05, 4.69) is 16.8 Å². The number of fused-ring (bicyclic) bond motifs is 3. The fourth-order valence-electron chi connectivity index (χ4n) is 4.25. The van der Waals surface area contributed by atoms with E-state index in [0.29, 0.717) is 0 Å². The molecule has 0 radical (unpaired) electrons. The van der Waals surface area contributed by atoms with Crippen molar-refractivity contribution in [3.63, 3.8) is 0 Å². The first-order valence-electron chi connectivity index (χ1n) is 8.13. The lowest BCUT2D eigenvalue weighted by atomic mass is 9.89. The van der Waals surface area contributed by atoms with Crippen molar-refractivity contribution in [2.75, 3.05) is 0 Å². The smallest absolute Gasteiger partial charge is 0.110 e. The standard InChI is InChI=1S/C17H22ClN3/c1-2-21-16-10-12(18)3-6-15(16)20-17(21)9-11-7-13-4-5-14(8-11)19-13/h3,6,10-11,13-14,19H,2,4-5,7-9H2,1H3. The van der Waals surface area contributed by atoms with E-state index in [1.807, 2.05) is 18.2 Å². The number of aromatic nitrogens is 2. The summed E-state index contributed by atoms with van der Waals surface area (Å²) in [5, 5.41) is 4.52. The predicted octanol–water partition coefficient (Wildman–Crippen LogP) is 3.78. The van der Waals surface area contributed by atoms with Crippen LogP contribution in [0.1, 0.15) is 38.4 Å². The van der Waals surface area contributed by atoms with Crippen LogP contribution in [0, 0.1) is 5.92 Å². The van der Waals surface area contributed by atoms with Gasteiger partial charge in [-0.3, -0.25) is 0 Å². The predicted molar refractivity (Wildman–Crippen MR) is 86.8 cm³/mol. The number of imidazole rings is 1. The van der Waals surface area contributed by atoms with Gasteiger partial charge >= 0.3 is 0 Å². The second-order valence-corrected chi connectivity index (χ2v) is 7.02. The Kier molecular flexibility index (Phi) is 3.43. The first kappa shape index (κ1) is 13.6. The summed E-state index contributed by atoms with van der Waals surface area (Å²) in [6.45, 7) is 3.15. The van der Waals surface area contributed by atoms with Crippen LogP contribution in [0.3, 0.4) is 0 Å². The van der Waals surface area contributed by atoms with Crippen LogP contribution in [-0.4, -0.2) is 21.6 Å². The van der Waals surface area contributed by atoms with Crippen molar-refractivity contribution in [2.24, 2.45) is 5.92 Å². The lowest BCUT2D eigenvalue weighted by Gasteiger charge is -2.29. The van der Waals surface area contributed by atoms with E-state index in [4.69, 9.17) is 16.6 Å². The van der Waals surface area contributed by atoms with Crippen molar-refractivity contribution < 1.29 is 0 Å². The van der Waals surface area contributed by atoms with Gasteiger partial charge in [0.05, 0.1) is 11.0 Å². The molecule has 112 valence electrons. The Morgan fingerprint density at radius 1 is 1.29 bits per heavy atom. The molecule has 2 aromatic rings. The summed E-state index contributed by atoms with van der Waals surface area (Å²) in [5.41, 5.74) is 2.25. The first-order chi connectivity index (χ1) is 10.2. The van der Waals surface area contributed by atoms with Crippen LogP contribution in [0.4, 0.5) is 0 Å². The van der Waals surface area contributed by atoms with Gasteiger partial charge in [-0.05, 0) is 56.7 Å². The number of nitrogens with zero attached hydrogens (tertiary/aromatic N) is 2. The number of aryl methyl sites for hydroxylation is 1. The van der Waals surface area contributed by atoms with E-state index < -0.39 is 0 Å². The molecular formula is C17H22ClN3. The summed E-state index contributed by atoms with van der Waals surface area (Å²) in [5.74, 6) is 2.02. The average molecular weight is 304 g/mol. The highest BCUT2D eigenvalue weighted by molar-refractivity contribution is 6.31. The van der Waals surface area contributed by atoms with E-state index in [1.54, 1.807) is 0 Å². The SMILES string of the molecule is CCn1c(CC2CC3CCC(C2)N3)nc2ccc(Cl)cc21. The molecule has 1 aromatic carbocycles. The van der Waals surface area contributed by atoms with Gasteiger partial charge in [0.1, 0.15) is 5.82 Å². The molecule has 4 heteroatoms. The molecule has 0 amide bonds. The molecule has 0 saturated carbocycles. The molecule has 2 unspecified atom stereocenters. The van der Waals surface area contributed by atoms with Crippen LogP contribution in [0.2, 0.25) is 5.02 Å². The second kappa shape index (κ2) is 5.29. The van der Waals surface area contributed by atoms with Crippen molar-refractivity contribution in [3.8, 4) is 0 Å². The number of benzene rings is 1. The zero-order valence-electron chi connectivity index (χ0n) is 12.5. The van der Waals surface area contributed by atoms with Crippen LogP contribution in [0.25, 0.3) is 11.0 Å². The maximum absolute atomic E-state index is 6.15. The van der Waals surface area contributed by atoms with Crippen molar-refractivity contribution in [1.82, 2.24) is 14.9 Å². The van der Waals surface area contributed by atoms with Gasteiger partial charge in [0.2, 0.25) is 0 Å². The van der Waals surface area contributed by atoms with E-state index in [9.17, 15) is 0 Å². The highest BCUT2D eigenvalue weighted by Gasteiger charge is 2.34. The Balaban J connectivity index is 1.63. The van der Waals surface area contributed by atoms with Gasteiger partial charge in [-0.15, -0.1) is 0 Å². The van der Waals surface area contributed by atoms with Crippen molar-refractivity contribution in [1.29, 1.82) is 0 Å². The van der Waals surface area contributed by atoms with E-state index in [1.165, 1.54) is 37.0 Å². The minimum atomic E-state index is 0.752. The van der Waals surface area contributed by atoms with Crippen LogP contribution < -0.4 is 5.32 Å². The quantitative estimate of drug-likeness (QED) is 0.935. The molecule has 2 aliphatic heterocycles. The normalized spacial score (nSPS) is 28.4. The van der Waals surface area contributed by atoms with Gasteiger partial charge in [0.25, 0.3) is 0 Å². The summed E-state index contributed by atoms with van der Waals surface area (Å²) in [4.78, 5) is 4.87. The molecule has 3 nitrogen and oxygen atoms in total. The van der Waals surface area contributed by atoms with E-state index in [-0.39, 0.29) is 0 Å². The topological polar surface area (TPSA) is 29.9 Å². The lowest BCUT2D eigenvalue weighted by Crippen LogP contribution is -2.38. The third-order valence-electron chi connectivity index (χ3n) is 5.15. The number of hydrogen-bond donors (Lipinski definition) is 1. The molecule has 2 atom stereocenters. The molecule has 2 aliphatic rings. The highest BCUT2D eigenvalue weighted by Crippen LogP contribution is 2.33. The minimum absolute atomic E-state index is 0.752. The fraction of sp³-hybridized carbons (Fsp3) is 0.588. The number of nitrogens with one attached hydrogen (secondary N) is 1. The van der Waals surface area contributed by atoms with Gasteiger partial charge in [-0.1, -0.05) is 11.6 Å². The zero-order valence-corrected chi connectivity index (χ0v) is 13.2. The monoisotopic (exact) mass is 303 g/mol. The minimum Gasteiger partial charge on any atom is -0.328 e. The molecule has 2 bridgehead atoms. The van der Waals surface area contributed by atoms with Crippen molar-refractivity contribution in [2.45, 2.75) is 57.7 Å². The number of hydrogen-bond acceptors (Lipinski definition) is 2. The van der Waals surface area contributed by atoms with Crippen LogP contribution >= 0.6 is 11.6 Å². The summed E-state index contributed by atoms with van der Waals surface area (Å²) in [7, 11) is 0. The third kappa shape index (κ3) is 2.47. The molecule has 1 aromatic heterocycles. The summed E-state index contributed by atoms with van der Waals surface area (Å²) in [6, 6.07) is 7.53. The maximum atomic E-state index is 6.15. The molecule has 2 fully saturated rings. The average Bonchev–Trinajstić information content (AvgIpc) is 2.98. The lowest BCUT2D eigenvalue weighted by molar-refractivity contribution is 0.293. The molecule has 2 saturated heterocycles. The summed E-state index contributed by atoms with van der Waals surface area (Å²) >= 11 is 6.15. The number of halogens is 1. The van der Waals surface area contributed by atoms with E-state index >= 15 is 0 Å². The molecule has 0 aliphatic carbocycles. The Bertz CT molecular complexity index is 651. The van der Waals surface area contributed by atoms with Gasteiger partial charge in [-0.25, -0.2) is 4.98 Å². The zero-order chi connectivity index (χ0) is 14.4. The molecular weight excluding hydrogens is 282 g/mol. The summed E-state index contributed by atoms with van der Waals surface area (Å²) in [6.07, 6.45) is 6.45. The highest BCUT2D eigenvalue weighted by atomic mass is 35.5. The fourth-order valence-corrected chi connectivity index (χ4v) is 4.42. The largest absolute Gasteiger partial charge is 0.328 e. The first-order valence-corrected chi connectivity index (χ1v) is 8.51. The van der Waals surface area contributed by atoms with E-state index in [0.717, 1.165) is 41.5 Å². The summed E-state index contributed by atoms with van der Waals surface area (Å²) < 4.78 is 2.34. The Morgan fingerprint density at radius 2 is 2.05 bits per heavy atom. The Morgan fingerprint density at radius 3 is 2.76 bits per heavy atom. The maximum Gasteiger partial charge on any atom is 0.110 e. The van der Waals surface area contributed by atoms with Crippen molar-refractivity contribution in [3.05, 3.63) is 29.0 Å². The van der Waals surface area contributed by atoms with Gasteiger partial charge in [0.15, 0.2) is 0 Å². The van der Waals surface area contributed by atoms with Crippen LogP contribution in [0.15, 0.2) is 18.2 Å².